The van der Waals surface area contributed by atoms with Crippen LogP contribution in [0, 0.1) is 0 Å². The first-order valence-electron chi connectivity index (χ1n) is 3.09. The average Bonchev–Trinajstić information content (AvgIpc) is 1.81. The monoisotopic (exact) mass is 329 g/mol. The van der Waals surface area contributed by atoms with Gasteiger partial charge >= 0.3 is 76.5 Å². The third-order valence-electron chi connectivity index (χ3n) is 1.02. The van der Waals surface area contributed by atoms with Crippen molar-refractivity contribution in [3.63, 3.8) is 0 Å². The van der Waals surface area contributed by atoms with E-state index in [-0.39, 0.29) is 0 Å². The van der Waals surface area contributed by atoms with Gasteiger partial charge in [0.1, 0.15) is 0 Å². The number of hydrogen-bond acceptors (Lipinski definition) is 1. The molecule has 0 fully saturated rings. The topological polar surface area (TPSA) is 9.23 Å². The zero-order valence-corrected chi connectivity index (χ0v) is 12.0. The van der Waals surface area contributed by atoms with Gasteiger partial charge in [0.2, 0.25) is 0 Å². The third-order valence-corrected chi connectivity index (χ3v) is 7.09. The molecule has 0 amide bonds. The number of unbranched alkanes of at least 4 members (excludes halogenated alkanes) is 2. The molecule has 0 saturated heterocycles. The third kappa shape index (κ3) is 7.56. The second kappa shape index (κ2) is 8.56. The van der Waals surface area contributed by atoms with Crippen molar-refractivity contribution in [1.82, 2.24) is 0 Å². The quantitative estimate of drug-likeness (QED) is 0.536. The molecule has 0 rings (SSSR count). The van der Waals surface area contributed by atoms with Crippen molar-refractivity contribution < 1.29 is 1.41 Å². The number of hydrogen-bond donors (Lipinski definition) is 0. The van der Waals surface area contributed by atoms with Gasteiger partial charge in [-0.05, 0) is 0 Å². The van der Waals surface area contributed by atoms with Gasteiger partial charge in [-0.3, -0.25) is 0 Å². The Morgan fingerprint density at radius 3 is 2.75 bits per heavy atom. The maximum absolute atomic E-state index is 5.21. The van der Waals surface area contributed by atoms with E-state index in [4.69, 9.17) is 1.41 Å². The van der Waals surface area contributed by atoms with Gasteiger partial charge in [0.25, 0.3) is 0 Å². The summed E-state index contributed by atoms with van der Waals surface area (Å²) in [5.41, 5.74) is 0. The molecular weight excluding hydrogens is 313 g/mol. The van der Waals surface area contributed by atoms with E-state index >= 15 is 0 Å². The zero-order valence-electron chi connectivity index (χ0n) is 5.39. The van der Waals surface area contributed by atoms with E-state index in [1.165, 1.54) is 23.7 Å². The summed E-state index contributed by atoms with van der Waals surface area (Å²) in [5, 5.41) is 0. The Morgan fingerprint density at radius 2 is 2.25 bits per heavy atom. The van der Waals surface area contributed by atoms with Crippen LogP contribution in [0.1, 0.15) is 26.2 Å². The normalized spacial score (nSPS) is 9.75. The fourth-order valence-corrected chi connectivity index (χ4v) is 4.84. The molecule has 0 aliphatic heterocycles. The Balaban J connectivity index is 2.53. The van der Waals surface area contributed by atoms with Gasteiger partial charge in [0.15, 0.2) is 0 Å². The maximum atomic E-state index is 5.21. The summed E-state index contributed by atoms with van der Waals surface area (Å²) in [6, 6.07) is 0. The molecule has 0 aromatic rings. The molecule has 0 spiro atoms. The predicted molar refractivity (Wildman–Crippen MR) is 39.7 cm³/mol. The van der Waals surface area contributed by atoms with Gasteiger partial charge in [0.05, 0.1) is 0 Å². The first-order valence-corrected chi connectivity index (χ1v) is 8.11. The van der Waals surface area contributed by atoms with Crippen LogP contribution < -0.4 is 0 Å². The van der Waals surface area contributed by atoms with E-state index in [1.807, 2.05) is 0 Å². The fraction of sp³-hybridized carbons (Fsp3) is 1.00. The van der Waals surface area contributed by atoms with Crippen LogP contribution >= 0.6 is 0 Å². The van der Waals surface area contributed by atoms with Crippen LogP contribution in [-0.2, 0) is 1.41 Å². The molecule has 0 saturated carbocycles. The van der Waals surface area contributed by atoms with Crippen molar-refractivity contribution in [2.45, 2.75) is 30.6 Å². The molecule has 0 aliphatic carbocycles. The molecule has 3 radical (unpaired) electrons. The van der Waals surface area contributed by atoms with Crippen molar-refractivity contribution in [2.75, 3.05) is 0 Å². The summed E-state index contributed by atoms with van der Waals surface area (Å²) in [5.74, 6) is 0. The second-order valence-corrected chi connectivity index (χ2v) is 10.4. The Hall–Kier alpha value is 1.56. The summed E-state index contributed by atoms with van der Waals surface area (Å²) in [6.07, 6.45) is 4.19. The van der Waals surface area contributed by atoms with Crippen LogP contribution in [0.25, 0.3) is 0 Å². The van der Waals surface area contributed by atoms with Crippen molar-refractivity contribution >= 4 is 44.5 Å². The predicted octanol–water partition coefficient (Wildman–Crippen LogP) is 0.779. The summed E-state index contributed by atoms with van der Waals surface area (Å²) in [6.45, 7) is 2.24. The molecule has 8 heavy (non-hydrogen) atoms. The summed E-state index contributed by atoms with van der Waals surface area (Å²) >= 11 is 0.627. The van der Waals surface area contributed by atoms with Gasteiger partial charge in [-0.25, -0.2) is 0 Å². The van der Waals surface area contributed by atoms with Gasteiger partial charge in [-0.1, -0.05) is 0 Å². The summed E-state index contributed by atoms with van der Waals surface area (Å²) in [4.78, 5) is 0. The van der Waals surface area contributed by atoms with Crippen molar-refractivity contribution in [3.8, 4) is 0 Å². The van der Waals surface area contributed by atoms with Crippen LogP contribution in [-0.4, -0.2) is 44.5 Å². The SMILES string of the molecule is CCCC[CH2][SnH][O][SnH]. The minimum absolute atomic E-state index is 0.420. The molecule has 0 aliphatic rings. The number of rotatable bonds is 5. The molecule has 47 valence electrons. The molecule has 0 bridgehead atoms. The first-order chi connectivity index (χ1) is 3.91. The molecule has 0 aromatic carbocycles. The Kier molecular flexibility index (Phi) is 10.2. The Labute approximate surface area is 76.0 Å². The van der Waals surface area contributed by atoms with Crippen LogP contribution in [0.5, 0.6) is 0 Å². The van der Waals surface area contributed by atoms with Crippen LogP contribution in [0.4, 0.5) is 0 Å². The molecule has 3 heteroatoms. The molecule has 0 N–H and O–H groups in total. The van der Waals surface area contributed by atoms with Crippen LogP contribution in [0.3, 0.4) is 0 Å². The van der Waals surface area contributed by atoms with Crippen LogP contribution in [0.15, 0.2) is 0 Å². The van der Waals surface area contributed by atoms with Gasteiger partial charge in [0, 0.05) is 0 Å². The van der Waals surface area contributed by atoms with E-state index in [1.54, 1.807) is 0 Å². The van der Waals surface area contributed by atoms with Gasteiger partial charge in [-0.2, -0.15) is 0 Å². The molecule has 0 aromatic heterocycles. The van der Waals surface area contributed by atoms with Gasteiger partial charge in [-0.15, -0.1) is 0 Å². The van der Waals surface area contributed by atoms with Crippen LogP contribution in [0.2, 0.25) is 4.44 Å². The van der Waals surface area contributed by atoms with E-state index in [0.29, 0.717) is 0 Å². The molecule has 0 atom stereocenters. The Morgan fingerprint density at radius 1 is 1.50 bits per heavy atom. The van der Waals surface area contributed by atoms with Crippen molar-refractivity contribution in [3.05, 3.63) is 0 Å². The van der Waals surface area contributed by atoms with E-state index < -0.39 is 21.6 Å². The summed E-state index contributed by atoms with van der Waals surface area (Å²) in [7, 11) is 0. The first kappa shape index (κ1) is 9.56. The second-order valence-electron chi connectivity index (χ2n) is 1.80. The molecule has 0 unspecified atom stereocenters. The Bertz CT molecular complexity index is 35.4. The molecule has 0 heterocycles. The standard InChI is InChI=1S/C5H11.O.2Sn.2H/c1-3-5-4-2;;;;;/h1,3-5H2,2H3;;;;;. The van der Waals surface area contributed by atoms with Crippen molar-refractivity contribution in [1.29, 1.82) is 0 Å². The summed E-state index contributed by atoms with van der Waals surface area (Å²) < 4.78 is 6.66. The van der Waals surface area contributed by atoms with E-state index in [9.17, 15) is 0 Å². The van der Waals surface area contributed by atoms with Crippen molar-refractivity contribution in [2.24, 2.45) is 0 Å². The minimum atomic E-state index is -0.420. The fourth-order valence-electron chi connectivity index (χ4n) is 0.546. The molecular formula is C5H13OSn2. The average molecular weight is 327 g/mol. The van der Waals surface area contributed by atoms with E-state index in [2.05, 4.69) is 6.92 Å². The zero-order chi connectivity index (χ0) is 6.24. The van der Waals surface area contributed by atoms with Gasteiger partial charge < -0.3 is 0 Å². The van der Waals surface area contributed by atoms with E-state index in [0.717, 1.165) is 22.9 Å². The molecule has 1 nitrogen and oxygen atoms in total.